The predicted octanol–water partition coefficient (Wildman–Crippen LogP) is 4.09. The number of hydrogen-bond acceptors (Lipinski definition) is 3. The van der Waals surface area contributed by atoms with E-state index in [4.69, 9.17) is 10.00 Å². The summed E-state index contributed by atoms with van der Waals surface area (Å²) in [6, 6.07) is 11.4. The van der Waals surface area contributed by atoms with Crippen LogP contribution >= 0.6 is 0 Å². The lowest BCUT2D eigenvalue weighted by molar-refractivity contribution is 0.459. The molecule has 0 aliphatic rings. The Bertz CT molecular complexity index is 637. The second-order valence-corrected chi connectivity index (χ2v) is 4.12. The number of hydrogen-bond donors (Lipinski definition) is 0. The molecule has 1 heterocycles. The van der Waals surface area contributed by atoms with Crippen molar-refractivity contribution in [2.75, 3.05) is 0 Å². The van der Waals surface area contributed by atoms with Crippen LogP contribution in [0.3, 0.4) is 0 Å². The lowest BCUT2D eigenvalue weighted by Gasteiger charge is -2.08. The summed E-state index contributed by atoms with van der Waals surface area (Å²) in [7, 11) is 0. The maximum absolute atomic E-state index is 8.71. The number of aromatic nitrogens is 1. The Hall–Kier alpha value is -2.60. The molecule has 0 saturated heterocycles. The molecule has 1 aromatic carbocycles. The van der Waals surface area contributed by atoms with Gasteiger partial charge in [0.15, 0.2) is 0 Å². The normalized spacial score (nSPS) is 10.4. The Labute approximate surface area is 112 Å². The first-order valence-electron chi connectivity index (χ1n) is 6.00. The van der Waals surface area contributed by atoms with Crippen molar-refractivity contribution in [1.82, 2.24) is 4.98 Å². The Kier molecular flexibility index (Phi) is 3.94. The minimum atomic E-state index is 0.487. The molecule has 0 bridgehead atoms. The first-order valence-corrected chi connectivity index (χ1v) is 6.00. The van der Waals surface area contributed by atoms with Crippen LogP contribution in [0.5, 0.6) is 11.6 Å². The van der Waals surface area contributed by atoms with Crippen LogP contribution in [-0.2, 0) is 0 Å². The number of allylic oxidation sites excluding steroid dienone is 1. The highest BCUT2D eigenvalue weighted by atomic mass is 16.5. The molecule has 3 heteroatoms. The summed E-state index contributed by atoms with van der Waals surface area (Å²) in [4.78, 5) is 4.09. The maximum Gasteiger partial charge on any atom is 0.219 e. The van der Waals surface area contributed by atoms with Gasteiger partial charge in [-0.05, 0) is 43.2 Å². The van der Waals surface area contributed by atoms with Gasteiger partial charge >= 0.3 is 0 Å². The Balaban J connectivity index is 2.21. The van der Waals surface area contributed by atoms with E-state index >= 15 is 0 Å². The van der Waals surface area contributed by atoms with Crippen molar-refractivity contribution in [1.29, 1.82) is 5.26 Å². The third-order valence-electron chi connectivity index (χ3n) is 2.64. The van der Waals surface area contributed by atoms with Gasteiger partial charge < -0.3 is 4.74 Å². The van der Waals surface area contributed by atoms with Crippen molar-refractivity contribution in [3.63, 3.8) is 0 Å². The fraction of sp³-hybridized carbons (Fsp3) is 0.125. The molecule has 0 fully saturated rings. The van der Waals surface area contributed by atoms with Gasteiger partial charge in [0.2, 0.25) is 5.88 Å². The maximum atomic E-state index is 8.71. The standard InChI is InChI=1S/C16H14N2O/c1-3-4-13-5-7-15(12(2)9-13)19-16-8-6-14(10-17)11-18-16/h3-9,11H,1-2H3. The summed E-state index contributed by atoms with van der Waals surface area (Å²) in [5, 5.41) is 8.71. The van der Waals surface area contributed by atoms with E-state index in [9.17, 15) is 0 Å². The molecule has 3 nitrogen and oxygen atoms in total. The molecule has 0 aliphatic heterocycles. The summed E-state index contributed by atoms with van der Waals surface area (Å²) >= 11 is 0. The summed E-state index contributed by atoms with van der Waals surface area (Å²) < 4.78 is 5.70. The molecule has 2 aromatic rings. The van der Waals surface area contributed by atoms with Crippen LogP contribution in [-0.4, -0.2) is 4.98 Å². The highest BCUT2D eigenvalue weighted by Gasteiger charge is 2.03. The average molecular weight is 250 g/mol. The fourth-order valence-electron chi connectivity index (χ4n) is 1.70. The zero-order valence-electron chi connectivity index (χ0n) is 10.9. The van der Waals surface area contributed by atoms with Crippen LogP contribution < -0.4 is 4.74 Å². The quantitative estimate of drug-likeness (QED) is 0.824. The summed E-state index contributed by atoms with van der Waals surface area (Å²) in [5.74, 6) is 1.26. The van der Waals surface area contributed by atoms with Gasteiger partial charge in [-0.15, -0.1) is 0 Å². The largest absolute Gasteiger partial charge is 0.439 e. The lowest BCUT2D eigenvalue weighted by Crippen LogP contribution is -1.91. The van der Waals surface area contributed by atoms with E-state index in [1.807, 2.05) is 44.2 Å². The van der Waals surface area contributed by atoms with Crippen LogP contribution in [0.25, 0.3) is 6.08 Å². The smallest absolute Gasteiger partial charge is 0.219 e. The molecule has 0 amide bonds. The molecule has 0 unspecified atom stereocenters. The van der Waals surface area contributed by atoms with Crippen LogP contribution in [0.4, 0.5) is 0 Å². The molecule has 0 radical (unpaired) electrons. The number of nitrogens with zero attached hydrogens (tertiary/aromatic N) is 2. The van der Waals surface area contributed by atoms with Crippen LogP contribution in [0, 0.1) is 18.3 Å². The van der Waals surface area contributed by atoms with Gasteiger partial charge in [0.05, 0.1) is 5.56 Å². The molecule has 0 saturated carbocycles. The minimum absolute atomic E-state index is 0.487. The van der Waals surface area contributed by atoms with E-state index in [0.29, 0.717) is 11.4 Å². The van der Waals surface area contributed by atoms with Crippen molar-refractivity contribution < 1.29 is 4.74 Å². The zero-order chi connectivity index (χ0) is 13.7. The van der Waals surface area contributed by atoms with Crippen molar-refractivity contribution in [2.24, 2.45) is 0 Å². The van der Waals surface area contributed by atoms with Crippen molar-refractivity contribution >= 4 is 6.08 Å². The molecular formula is C16H14N2O. The highest BCUT2D eigenvalue weighted by molar-refractivity contribution is 5.53. The minimum Gasteiger partial charge on any atom is -0.439 e. The van der Waals surface area contributed by atoms with Crippen molar-refractivity contribution in [3.8, 4) is 17.7 Å². The molecule has 0 spiro atoms. The molecule has 94 valence electrons. The molecule has 0 atom stereocenters. The number of pyridine rings is 1. The van der Waals surface area contributed by atoms with Gasteiger partial charge in [-0.3, -0.25) is 0 Å². The third-order valence-corrected chi connectivity index (χ3v) is 2.64. The molecule has 19 heavy (non-hydrogen) atoms. The zero-order valence-corrected chi connectivity index (χ0v) is 10.9. The molecule has 2 rings (SSSR count). The van der Waals surface area contributed by atoms with E-state index in [1.165, 1.54) is 6.20 Å². The van der Waals surface area contributed by atoms with Crippen LogP contribution in [0.15, 0.2) is 42.6 Å². The Morgan fingerprint density at radius 3 is 2.68 bits per heavy atom. The first-order chi connectivity index (χ1) is 9.22. The van der Waals surface area contributed by atoms with Gasteiger partial charge in [-0.25, -0.2) is 4.98 Å². The Morgan fingerprint density at radius 2 is 2.11 bits per heavy atom. The molecule has 1 aromatic heterocycles. The van der Waals surface area contributed by atoms with E-state index < -0.39 is 0 Å². The second-order valence-electron chi connectivity index (χ2n) is 4.12. The number of nitriles is 1. The molecule has 0 aliphatic carbocycles. The summed E-state index contributed by atoms with van der Waals surface area (Å²) in [5.41, 5.74) is 2.70. The number of rotatable bonds is 3. The van der Waals surface area contributed by atoms with E-state index in [1.54, 1.807) is 12.1 Å². The number of benzene rings is 1. The van der Waals surface area contributed by atoms with E-state index in [-0.39, 0.29) is 0 Å². The van der Waals surface area contributed by atoms with Crippen LogP contribution in [0.1, 0.15) is 23.6 Å². The molecular weight excluding hydrogens is 236 g/mol. The fourth-order valence-corrected chi connectivity index (χ4v) is 1.70. The van der Waals surface area contributed by atoms with Crippen LogP contribution in [0.2, 0.25) is 0 Å². The van der Waals surface area contributed by atoms with Gasteiger partial charge in [0.1, 0.15) is 11.8 Å². The first kappa shape index (κ1) is 12.8. The van der Waals surface area contributed by atoms with Crippen molar-refractivity contribution in [3.05, 3.63) is 59.3 Å². The van der Waals surface area contributed by atoms with E-state index in [2.05, 4.69) is 11.1 Å². The van der Waals surface area contributed by atoms with Crippen molar-refractivity contribution in [2.45, 2.75) is 13.8 Å². The topological polar surface area (TPSA) is 45.9 Å². The third kappa shape index (κ3) is 3.20. The predicted molar refractivity (Wildman–Crippen MR) is 74.9 cm³/mol. The van der Waals surface area contributed by atoms with Gasteiger partial charge in [-0.1, -0.05) is 18.2 Å². The number of ether oxygens (including phenoxy) is 1. The highest BCUT2D eigenvalue weighted by Crippen LogP contribution is 2.24. The average Bonchev–Trinajstić information content (AvgIpc) is 2.43. The second kappa shape index (κ2) is 5.83. The molecule has 0 N–H and O–H groups in total. The van der Waals surface area contributed by atoms with Gasteiger partial charge in [-0.2, -0.15) is 5.26 Å². The number of aryl methyl sites for hydroxylation is 1. The van der Waals surface area contributed by atoms with Gasteiger partial charge in [0.25, 0.3) is 0 Å². The Morgan fingerprint density at radius 1 is 1.26 bits per heavy atom. The van der Waals surface area contributed by atoms with Gasteiger partial charge in [0, 0.05) is 12.3 Å². The van der Waals surface area contributed by atoms with E-state index in [0.717, 1.165) is 16.9 Å². The summed E-state index contributed by atoms with van der Waals surface area (Å²) in [6.45, 7) is 3.98. The lowest BCUT2D eigenvalue weighted by atomic mass is 10.1. The SMILES string of the molecule is CC=Cc1ccc(Oc2ccc(C#N)cn2)c(C)c1. The summed E-state index contributed by atoms with van der Waals surface area (Å²) in [6.07, 6.45) is 5.53. The monoisotopic (exact) mass is 250 g/mol.